The zero-order valence-electron chi connectivity index (χ0n) is 15.6. The summed E-state index contributed by atoms with van der Waals surface area (Å²) in [6.45, 7) is 0. The van der Waals surface area contributed by atoms with E-state index in [1.165, 1.54) is 50.6 Å². The van der Waals surface area contributed by atoms with E-state index in [9.17, 15) is 28.6 Å². The highest BCUT2D eigenvalue weighted by atomic mass is 19.3. The average Bonchev–Trinajstić information content (AvgIpc) is 2.71. The van der Waals surface area contributed by atoms with Gasteiger partial charge in [-0.2, -0.15) is 8.78 Å². The van der Waals surface area contributed by atoms with Crippen molar-refractivity contribution >= 4 is 23.7 Å². The molecular formula is C21H18F2O6. The van der Waals surface area contributed by atoms with Crippen molar-refractivity contribution in [1.29, 1.82) is 0 Å². The fourth-order valence-corrected chi connectivity index (χ4v) is 2.27. The number of allylic oxidation sites excluding steroid dienone is 2. The lowest BCUT2D eigenvalue weighted by Gasteiger charge is -2.09. The van der Waals surface area contributed by atoms with E-state index in [0.29, 0.717) is 23.3 Å². The second-order valence-corrected chi connectivity index (χ2v) is 5.83. The number of benzene rings is 2. The van der Waals surface area contributed by atoms with Crippen LogP contribution in [0.2, 0.25) is 0 Å². The first-order valence-corrected chi connectivity index (χ1v) is 8.26. The van der Waals surface area contributed by atoms with Crippen molar-refractivity contribution in [3.63, 3.8) is 0 Å². The number of aromatic hydroxyl groups is 2. The van der Waals surface area contributed by atoms with Crippen LogP contribution in [0.1, 0.15) is 11.1 Å². The Morgan fingerprint density at radius 1 is 0.828 bits per heavy atom. The molecule has 0 saturated carbocycles. The van der Waals surface area contributed by atoms with Crippen molar-refractivity contribution < 1.29 is 38.1 Å². The summed E-state index contributed by atoms with van der Waals surface area (Å²) >= 11 is 0. The van der Waals surface area contributed by atoms with Crippen LogP contribution in [0.15, 0.2) is 48.6 Å². The lowest BCUT2D eigenvalue weighted by molar-refractivity contribution is -0.150. The van der Waals surface area contributed by atoms with Crippen molar-refractivity contribution in [2.45, 2.75) is 5.92 Å². The minimum absolute atomic E-state index is 0.106. The van der Waals surface area contributed by atoms with Gasteiger partial charge in [-0.3, -0.25) is 9.59 Å². The number of rotatable bonds is 8. The summed E-state index contributed by atoms with van der Waals surface area (Å²) < 4.78 is 38.0. The molecule has 2 aromatic rings. The molecule has 0 saturated heterocycles. The van der Waals surface area contributed by atoms with E-state index in [-0.39, 0.29) is 23.0 Å². The number of methoxy groups -OCH3 is 2. The van der Waals surface area contributed by atoms with Gasteiger partial charge in [-0.05, 0) is 47.5 Å². The van der Waals surface area contributed by atoms with Gasteiger partial charge < -0.3 is 19.7 Å². The standard InChI is InChI=1S/C21H18F2O6/c1-28-17-11-13(3-7-15(17)24)5-9-19(26)21(22,23)20(27)10-6-14-4-8-16(25)18(12-14)29-2/h3-12,24-25H,1-2H3/b9-5+,10-6+. The summed E-state index contributed by atoms with van der Waals surface area (Å²) in [6.07, 6.45) is 3.34. The molecule has 2 rings (SSSR count). The van der Waals surface area contributed by atoms with E-state index >= 15 is 0 Å². The molecule has 0 unspecified atom stereocenters. The predicted molar refractivity (Wildman–Crippen MR) is 102 cm³/mol. The highest BCUT2D eigenvalue weighted by molar-refractivity contribution is 6.18. The van der Waals surface area contributed by atoms with Gasteiger partial charge in [0.2, 0.25) is 11.6 Å². The fourth-order valence-electron chi connectivity index (χ4n) is 2.27. The normalized spacial score (nSPS) is 11.7. The van der Waals surface area contributed by atoms with Gasteiger partial charge in [-0.15, -0.1) is 0 Å². The average molecular weight is 404 g/mol. The Morgan fingerprint density at radius 2 is 1.21 bits per heavy atom. The van der Waals surface area contributed by atoms with Gasteiger partial charge in [-0.25, -0.2) is 0 Å². The highest BCUT2D eigenvalue weighted by Gasteiger charge is 2.43. The van der Waals surface area contributed by atoms with Gasteiger partial charge in [0.1, 0.15) is 0 Å². The monoisotopic (exact) mass is 404 g/mol. The van der Waals surface area contributed by atoms with E-state index in [2.05, 4.69) is 0 Å². The van der Waals surface area contributed by atoms with Gasteiger partial charge in [0, 0.05) is 0 Å². The number of alkyl halides is 2. The molecule has 2 N–H and O–H groups in total. The molecular weight excluding hydrogens is 386 g/mol. The number of hydrogen-bond acceptors (Lipinski definition) is 6. The van der Waals surface area contributed by atoms with Crippen LogP contribution in [0.4, 0.5) is 8.78 Å². The van der Waals surface area contributed by atoms with E-state index in [1.807, 2.05) is 0 Å². The molecule has 0 atom stereocenters. The van der Waals surface area contributed by atoms with Gasteiger partial charge in [0.25, 0.3) is 0 Å². The molecule has 2 aromatic carbocycles. The van der Waals surface area contributed by atoms with Crippen LogP contribution < -0.4 is 9.47 Å². The van der Waals surface area contributed by atoms with Crippen LogP contribution in [-0.2, 0) is 9.59 Å². The summed E-state index contributed by atoms with van der Waals surface area (Å²) in [5.41, 5.74) is 0.644. The molecule has 0 aliphatic carbocycles. The first-order valence-electron chi connectivity index (χ1n) is 8.26. The van der Waals surface area contributed by atoms with E-state index in [1.54, 1.807) is 0 Å². The van der Waals surface area contributed by atoms with Crippen molar-refractivity contribution in [1.82, 2.24) is 0 Å². The number of phenols is 2. The first-order chi connectivity index (χ1) is 13.7. The molecule has 6 nitrogen and oxygen atoms in total. The zero-order valence-corrected chi connectivity index (χ0v) is 15.6. The summed E-state index contributed by atoms with van der Waals surface area (Å²) in [5.74, 6) is -7.72. The topological polar surface area (TPSA) is 93.1 Å². The Bertz CT molecular complexity index is 902. The molecule has 0 aliphatic heterocycles. The second kappa shape index (κ2) is 9.01. The number of carbonyl (C=O) groups excluding carboxylic acids is 2. The molecule has 152 valence electrons. The van der Waals surface area contributed by atoms with E-state index in [4.69, 9.17) is 9.47 Å². The predicted octanol–water partition coefficient (Wildman–Crippen LogP) is 3.62. The van der Waals surface area contributed by atoms with E-state index in [0.717, 1.165) is 12.2 Å². The third-order valence-electron chi connectivity index (χ3n) is 3.88. The third kappa shape index (κ3) is 5.19. The summed E-state index contributed by atoms with van der Waals surface area (Å²) in [4.78, 5) is 23.7. The van der Waals surface area contributed by atoms with E-state index < -0.39 is 17.5 Å². The number of phenolic OH excluding ortho intramolecular Hbond substituents is 2. The lowest BCUT2D eigenvalue weighted by Crippen LogP contribution is -2.35. The zero-order chi connectivity index (χ0) is 21.6. The largest absolute Gasteiger partial charge is 0.504 e. The van der Waals surface area contributed by atoms with Crippen LogP contribution in [-0.4, -0.2) is 41.9 Å². The quantitative estimate of drug-likeness (QED) is 0.516. The number of ketones is 2. The summed E-state index contributed by atoms with van der Waals surface area (Å²) in [7, 11) is 2.63. The van der Waals surface area contributed by atoms with Crippen molar-refractivity contribution in [3.05, 3.63) is 59.7 Å². The Kier molecular flexibility index (Phi) is 6.71. The lowest BCUT2D eigenvalue weighted by atomic mass is 10.1. The molecule has 29 heavy (non-hydrogen) atoms. The number of carbonyl (C=O) groups is 2. The highest BCUT2D eigenvalue weighted by Crippen LogP contribution is 2.28. The molecule has 0 aromatic heterocycles. The smallest absolute Gasteiger partial charge is 0.370 e. The maximum Gasteiger partial charge on any atom is 0.370 e. The minimum atomic E-state index is -4.25. The maximum absolute atomic E-state index is 14.1. The van der Waals surface area contributed by atoms with Gasteiger partial charge in [-0.1, -0.05) is 24.3 Å². The van der Waals surface area contributed by atoms with Gasteiger partial charge in [0.05, 0.1) is 14.2 Å². The third-order valence-corrected chi connectivity index (χ3v) is 3.88. The van der Waals surface area contributed by atoms with Crippen LogP contribution in [0.25, 0.3) is 12.2 Å². The second-order valence-electron chi connectivity index (χ2n) is 5.83. The molecule has 0 radical (unpaired) electrons. The van der Waals surface area contributed by atoms with Crippen molar-refractivity contribution in [2.24, 2.45) is 0 Å². The molecule has 0 spiro atoms. The minimum Gasteiger partial charge on any atom is -0.504 e. The fraction of sp³-hybridized carbons (Fsp3) is 0.143. The van der Waals surface area contributed by atoms with Crippen LogP contribution in [0.3, 0.4) is 0 Å². The molecule has 8 heteroatoms. The molecule has 0 aliphatic rings. The van der Waals surface area contributed by atoms with Crippen LogP contribution in [0.5, 0.6) is 23.0 Å². The first kappa shape index (κ1) is 21.6. The molecule has 0 bridgehead atoms. The molecule has 0 heterocycles. The summed E-state index contributed by atoms with van der Waals surface area (Å²) in [6, 6.07) is 8.02. The van der Waals surface area contributed by atoms with Crippen molar-refractivity contribution in [2.75, 3.05) is 14.2 Å². The van der Waals surface area contributed by atoms with Crippen molar-refractivity contribution in [3.8, 4) is 23.0 Å². The van der Waals surface area contributed by atoms with Crippen LogP contribution >= 0.6 is 0 Å². The number of ether oxygens (including phenoxy) is 2. The Morgan fingerprint density at radius 3 is 1.55 bits per heavy atom. The van der Waals surface area contributed by atoms with Gasteiger partial charge in [0.15, 0.2) is 23.0 Å². The van der Waals surface area contributed by atoms with Gasteiger partial charge >= 0.3 is 5.92 Å². The van der Waals surface area contributed by atoms with Crippen LogP contribution in [0, 0.1) is 0 Å². The summed E-state index contributed by atoms with van der Waals surface area (Å²) in [5, 5.41) is 19.0. The Labute approximate surface area is 165 Å². The SMILES string of the molecule is COc1cc(/C=C/C(=O)C(F)(F)C(=O)/C=C/c2ccc(O)c(OC)c2)ccc1O. The maximum atomic E-state index is 14.1. The molecule has 0 amide bonds. The molecule has 0 fully saturated rings. The Hall–Kier alpha value is -3.68. The number of halogens is 2. The number of hydrogen-bond donors (Lipinski definition) is 2. The Balaban J connectivity index is 2.14.